The summed E-state index contributed by atoms with van der Waals surface area (Å²) in [4.78, 5) is 12.2. The number of aromatic nitrogens is 2. The van der Waals surface area contributed by atoms with Crippen LogP contribution in [0, 0.1) is 6.92 Å². The van der Waals surface area contributed by atoms with E-state index in [1.54, 1.807) is 17.8 Å². The maximum absolute atomic E-state index is 12.2. The normalized spacial score (nSPS) is 15.7. The molecule has 0 saturated heterocycles. The zero-order valence-electron chi connectivity index (χ0n) is 16.0. The van der Waals surface area contributed by atoms with Crippen LogP contribution in [0.15, 0.2) is 18.2 Å². The van der Waals surface area contributed by atoms with E-state index in [1.807, 2.05) is 32.9 Å². The highest BCUT2D eigenvalue weighted by molar-refractivity contribution is 6.31. The Morgan fingerprint density at radius 3 is 2.96 bits per heavy atom. The minimum Gasteiger partial charge on any atom is -0.494 e. The SMILES string of the molecule is CCOc1cc2c(cc1CNC(=O)/C=C/c1c(C)nn(C)c1Cl)O[C@H](C)C2. The van der Waals surface area contributed by atoms with Gasteiger partial charge in [0.05, 0.1) is 12.3 Å². The lowest BCUT2D eigenvalue weighted by Gasteiger charge is -2.13. The maximum atomic E-state index is 12.2. The van der Waals surface area contributed by atoms with Gasteiger partial charge in [-0.25, -0.2) is 0 Å². The van der Waals surface area contributed by atoms with Crippen LogP contribution in [0.1, 0.15) is 36.2 Å². The van der Waals surface area contributed by atoms with Crippen molar-refractivity contribution < 1.29 is 14.3 Å². The molecule has 0 fully saturated rings. The Balaban J connectivity index is 1.70. The van der Waals surface area contributed by atoms with Crippen LogP contribution in [-0.4, -0.2) is 28.4 Å². The van der Waals surface area contributed by atoms with Gasteiger partial charge >= 0.3 is 0 Å². The summed E-state index contributed by atoms with van der Waals surface area (Å²) < 4.78 is 13.1. The molecule has 0 radical (unpaired) electrons. The minimum atomic E-state index is -0.216. The average Bonchev–Trinajstić information content (AvgIpc) is 3.09. The van der Waals surface area contributed by atoms with Crippen molar-refractivity contribution in [2.45, 2.75) is 39.8 Å². The van der Waals surface area contributed by atoms with Crippen LogP contribution in [0.3, 0.4) is 0 Å². The third kappa shape index (κ3) is 4.27. The van der Waals surface area contributed by atoms with Crippen molar-refractivity contribution in [1.29, 1.82) is 0 Å². The number of ether oxygens (including phenoxy) is 2. The molecule has 3 rings (SSSR count). The number of fused-ring (bicyclic) bond motifs is 1. The van der Waals surface area contributed by atoms with Gasteiger partial charge in [-0.15, -0.1) is 0 Å². The van der Waals surface area contributed by atoms with E-state index in [4.69, 9.17) is 21.1 Å². The van der Waals surface area contributed by atoms with Gasteiger partial charge in [0.2, 0.25) is 5.91 Å². The van der Waals surface area contributed by atoms with Crippen molar-refractivity contribution in [3.8, 4) is 11.5 Å². The van der Waals surface area contributed by atoms with E-state index in [9.17, 15) is 4.79 Å². The van der Waals surface area contributed by atoms with Crippen LogP contribution >= 0.6 is 11.6 Å². The second kappa shape index (κ2) is 8.05. The number of carbonyl (C=O) groups is 1. The molecule has 7 heteroatoms. The van der Waals surface area contributed by atoms with Crippen LogP contribution in [0.25, 0.3) is 6.08 Å². The first-order valence-corrected chi connectivity index (χ1v) is 9.37. The van der Waals surface area contributed by atoms with Gasteiger partial charge in [0, 0.05) is 42.8 Å². The first-order valence-electron chi connectivity index (χ1n) is 8.99. The monoisotopic (exact) mass is 389 g/mol. The molecular formula is C20H24ClN3O3. The number of carbonyl (C=O) groups excluding carboxylic acids is 1. The molecule has 0 spiro atoms. The topological polar surface area (TPSA) is 65.4 Å². The van der Waals surface area contributed by atoms with Crippen LogP contribution < -0.4 is 14.8 Å². The zero-order valence-corrected chi connectivity index (χ0v) is 16.8. The lowest BCUT2D eigenvalue weighted by Crippen LogP contribution is -2.20. The van der Waals surface area contributed by atoms with Gasteiger partial charge in [-0.05, 0) is 39.0 Å². The smallest absolute Gasteiger partial charge is 0.244 e. The molecule has 2 aromatic rings. The molecule has 1 atom stereocenters. The van der Waals surface area contributed by atoms with Crippen molar-refractivity contribution in [3.63, 3.8) is 0 Å². The molecule has 0 saturated carbocycles. The Kier molecular flexibility index (Phi) is 5.75. The van der Waals surface area contributed by atoms with Crippen molar-refractivity contribution in [2.24, 2.45) is 7.05 Å². The first-order chi connectivity index (χ1) is 12.9. The number of benzene rings is 1. The van der Waals surface area contributed by atoms with Crippen LogP contribution in [0.5, 0.6) is 11.5 Å². The number of aryl methyl sites for hydroxylation is 2. The summed E-state index contributed by atoms with van der Waals surface area (Å²) in [7, 11) is 1.76. The molecule has 0 bridgehead atoms. The van der Waals surface area contributed by atoms with Crippen molar-refractivity contribution in [1.82, 2.24) is 15.1 Å². The largest absolute Gasteiger partial charge is 0.494 e. The fourth-order valence-corrected chi connectivity index (χ4v) is 3.38. The van der Waals surface area contributed by atoms with Crippen LogP contribution in [-0.2, 0) is 24.8 Å². The molecule has 1 aromatic heterocycles. The van der Waals surface area contributed by atoms with E-state index in [1.165, 1.54) is 6.08 Å². The minimum absolute atomic E-state index is 0.162. The maximum Gasteiger partial charge on any atom is 0.244 e. The van der Waals surface area contributed by atoms with E-state index in [2.05, 4.69) is 10.4 Å². The first kappa shape index (κ1) is 19.3. The van der Waals surface area contributed by atoms with E-state index in [0.717, 1.165) is 40.3 Å². The molecular weight excluding hydrogens is 366 g/mol. The van der Waals surface area contributed by atoms with Crippen LogP contribution in [0.4, 0.5) is 0 Å². The molecule has 0 aliphatic carbocycles. The molecule has 2 heterocycles. The number of nitrogens with one attached hydrogen (secondary N) is 1. The van der Waals surface area contributed by atoms with Crippen LogP contribution in [0.2, 0.25) is 5.15 Å². The van der Waals surface area contributed by atoms with Crippen molar-refractivity contribution >= 4 is 23.6 Å². The summed E-state index contributed by atoms with van der Waals surface area (Å²) in [5.41, 5.74) is 3.55. The summed E-state index contributed by atoms with van der Waals surface area (Å²) in [5, 5.41) is 7.61. The number of amides is 1. The number of hydrogen-bond donors (Lipinski definition) is 1. The molecule has 1 aromatic carbocycles. The lowest BCUT2D eigenvalue weighted by molar-refractivity contribution is -0.116. The molecule has 1 aliphatic rings. The van der Waals surface area contributed by atoms with E-state index < -0.39 is 0 Å². The fraction of sp³-hybridized carbons (Fsp3) is 0.400. The van der Waals surface area contributed by atoms with Crippen molar-refractivity contribution in [2.75, 3.05) is 6.61 Å². The number of halogens is 1. The number of rotatable bonds is 6. The molecule has 1 aliphatic heterocycles. The van der Waals surface area contributed by atoms with Gasteiger partial charge in [-0.1, -0.05) is 11.6 Å². The standard InChI is InChI=1S/C20H24ClN3O3/c1-5-26-17-9-14-8-12(2)27-18(14)10-15(17)11-22-19(25)7-6-16-13(3)23-24(4)20(16)21/h6-7,9-10,12H,5,8,11H2,1-4H3,(H,22,25)/b7-6+/t12-/m1/s1. The van der Waals surface area contributed by atoms with Gasteiger partial charge in [0.25, 0.3) is 0 Å². The molecule has 1 amide bonds. The van der Waals surface area contributed by atoms with E-state index in [-0.39, 0.29) is 12.0 Å². The Hall–Kier alpha value is -2.47. The molecule has 144 valence electrons. The Labute approximate surface area is 164 Å². The van der Waals surface area contributed by atoms with Gasteiger partial charge in [0.1, 0.15) is 22.8 Å². The van der Waals surface area contributed by atoms with E-state index >= 15 is 0 Å². The Morgan fingerprint density at radius 2 is 2.30 bits per heavy atom. The second-order valence-corrected chi connectivity index (χ2v) is 6.96. The lowest BCUT2D eigenvalue weighted by atomic mass is 10.1. The number of nitrogens with zero attached hydrogens (tertiary/aromatic N) is 2. The summed E-state index contributed by atoms with van der Waals surface area (Å²) in [5.74, 6) is 1.43. The summed E-state index contributed by atoms with van der Waals surface area (Å²) in [6.45, 7) is 6.75. The molecule has 1 N–H and O–H groups in total. The van der Waals surface area contributed by atoms with Gasteiger partial charge < -0.3 is 14.8 Å². The number of hydrogen-bond acceptors (Lipinski definition) is 4. The summed E-state index contributed by atoms with van der Waals surface area (Å²) in [6, 6.07) is 3.97. The van der Waals surface area contributed by atoms with Crippen molar-refractivity contribution in [3.05, 3.63) is 45.7 Å². The molecule has 27 heavy (non-hydrogen) atoms. The van der Waals surface area contributed by atoms with Gasteiger partial charge in [-0.3, -0.25) is 9.48 Å². The Bertz CT molecular complexity index is 889. The molecule has 0 unspecified atom stereocenters. The van der Waals surface area contributed by atoms with Gasteiger partial charge in [0.15, 0.2) is 0 Å². The quantitative estimate of drug-likeness (QED) is 0.768. The molecule has 6 nitrogen and oxygen atoms in total. The highest BCUT2D eigenvalue weighted by atomic mass is 35.5. The fourth-order valence-electron chi connectivity index (χ4n) is 3.15. The second-order valence-electron chi connectivity index (χ2n) is 6.60. The third-order valence-corrected chi connectivity index (χ3v) is 4.88. The predicted octanol–water partition coefficient (Wildman–Crippen LogP) is 3.43. The third-order valence-electron chi connectivity index (χ3n) is 4.43. The highest BCUT2D eigenvalue weighted by Crippen LogP contribution is 2.35. The summed E-state index contributed by atoms with van der Waals surface area (Å²) in [6.07, 6.45) is 4.17. The Morgan fingerprint density at radius 1 is 1.52 bits per heavy atom. The highest BCUT2D eigenvalue weighted by Gasteiger charge is 2.22. The predicted molar refractivity (Wildman–Crippen MR) is 105 cm³/mol. The zero-order chi connectivity index (χ0) is 19.6. The van der Waals surface area contributed by atoms with Gasteiger partial charge in [-0.2, -0.15) is 5.10 Å². The summed E-state index contributed by atoms with van der Waals surface area (Å²) >= 11 is 6.18. The average molecular weight is 390 g/mol. The van der Waals surface area contributed by atoms with E-state index in [0.29, 0.717) is 18.3 Å².